The van der Waals surface area contributed by atoms with E-state index >= 15 is 0 Å². The Bertz CT molecular complexity index is 612. The molecule has 0 aliphatic heterocycles. The molecule has 2 heterocycles. The molecule has 2 aromatic rings. The molecule has 94 valence electrons. The number of halogens is 2. The van der Waals surface area contributed by atoms with Crippen molar-refractivity contribution in [1.82, 2.24) is 14.8 Å². The molecule has 0 fully saturated rings. The molecule has 6 nitrogen and oxygen atoms in total. The highest BCUT2D eigenvalue weighted by Crippen LogP contribution is 2.24. The van der Waals surface area contributed by atoms with Crippen LogP contribution >= 0.6 is 23.2 Å². The van der Waals surface area contributed by atoms with Gasteiger partial charge in [-0.05, 0) is 6.07 Å². The van der Waals surface area contributed by atoms with Gasteiger partial charge < -0.3 is 9.84 Å². The molecule has 0 saturated heterocycles. The number of hydrogen-bond acceptors (Lipinski definition) is 5. The summed E-state index contributed by atoms with van der Waals surface area (Å²) >= 11 is 11.7. The third kappa shape index (κ3) is 2.25. The van der Waals surface area contributed by atoms with Gasteiger partial charge in [-0.25, -0.2) is 14.5 Å². The van der Waals surface area contributed by atoms with Crippen LogP contribution in [0.25, 0.3) is 5.82 Å². The average molecular weight is 288 g/mol. The maximum Gasteiger partial charge on any atom is 0.357 e. The molecular weight excluding hydrogens is 281 g/mol. The number of aromatic hydroxyl groups is 1. The number of carbonyl (C=O) groups excluding carboxylic acids is 1. The Morgan fingerprint density at radius 2 is 2.17 bits per heavy atom. The van der Waals surface area contributed by atoms with E-state index in [1.807, 2.05) is 0 Å². The highest BCUT2D eigenvalue weighted by molar-refractivity contribution is 6.35. The number of aromatic nitrogens is 3. The lowest BCUT2D eigenvalue weighted by Crippen LogP contribution is -2.11. The van der Waals surface area contributed by atoms with Gasteiger partial charge >= 0.3 is 5.97 Å². The SMILES string of the molecule is COC(=O)c1cc(O)nn1-c1ncc(Cl)cc1Cl. The predicted octanol–water partition coefficient (Wildman–Crippen LogP) is 2.07. The Balaban J connectivity index is 2.60. The molecule has 0 atom stereocenters. The Kier molecular flexibility index (Phi) is 3.40. The first-order chi connectivity index (χ1) is 8.52. The molecule has 2 rings (SSSR count). The van der Waals surface area contributed by atoms with Crippen molar-refractivity contribution in [1.29, 1.82) is 0 Å². The van der Waals surface area contributed by atoms with E-state index in [0.29, 0.717) is 5.02 Å². The largest absolute Gasteiger partial charge is 0.492 e. The lowest BCUT2D eigenvalue weighted by atomic mass is 10.4. The second kappa shape index (κ2) is 4.83. The van der Waals surface area contributed by atoms with Gasteiger partial charge in [0, 0.05) is 12.3 Å². The molecule has 0 unspecified atom stereocenters. The summed E-state index contributed by atoms with van der Waals surface area (Å²) in [5.41, 5.74) is 0.00622. The van der Waals surface area contributed by atoms with Crippen LogP contribution in [-0.2, 0) is 4.74 Å². The van der Waals surface area contributed by atoms with Crippen LogP contribution in [0.2, 0.25) is 10.0 Å². The third-order valence-electron chi connectivity index (χ3n) is 2.08. The zero-order valence-electron chi connectivity index (χ0n) is 9.09. The minimum Gasteiger partial charge on any atom is -0.492 e. The van der Waals surface area contributed by atoms with Gasteiger partial charge in [0.2, 0.25) is 5.88 Å². The van der Waals surface area contributed by atoms with Gasteiger partial charge in [-0.2, -0.15) is 0 Å². The maximum absolute atomic E-state index is 11.5. The second-order valence-corrected chi connectivity index (χ2v) is 4.09. The van der Waals surface area contributed by atoms with E-state index in [2.05, 4.69) is 14.8 Å². The van der Waals surface area contributed by atoms with Crippen LogP contribution in [0.15, 0.2) is 18.3 Å². The van der Waals surface area contributed by atoms with E-state index in [1.165, 1.54) is 19.4 Å². The number of esters is 1. The normalized spacial score (nSPS) is 10.4. The minimum absolute atomic E-state index is 0.00622. The predicted molar refractivity (Wildman–Crippen MR) is 64.4 cm³/mol. The number of hydrogen-bond donors (Lipinski definition) is 1. The number of nitrogens with zero attached hydrogens (tertiary/aromatic N) is 3. The van der Waals surface area contributed by atoms with Crippen molar-refractivity contribution < 1.29 is 14.6 Å². The summed E-state index contributed by atoms with van der Waals surface area (Å²) in [7, 11) is 1.22. The fourth-order valence-corrected chi connectivity index (χ4v) is 1.80. The van der Waals surface area contributed by atoms with E-state index in [9.17, 15) is 9.90 Å². The van der Waals surface area contributed by atoms with Crippen LogP contribution < -0.4 is 0 Å². The molecule has 0 aromatic carbocycles. The van der Waals surface area contributed by atoms with Crippen LogP contribution in [0, 0.1) is 0 Å². The van der Waals surface area contributed by atoms with Crippen molar-refractivity contribution in [2.75, 3.05) is 7.11 Å². The van der Waals surface area contributed by atoms with Crippen molar-refractivity contribution in [2.45, 2.75) is 0 Å². The standard InChI is InChI=1S/C10H7Cl2N3O3/c1-18-10(17)7-3-8(16)14-15(7)9-6(12)2-5(11)4-13-9/h2-4H,1H3,(H,14,16). The molecule has 0 bridgehead atoms. The summed E-state index contributed by atoms with van der Waals surface area (Å²) in [5.74, 6) is -0.847. The van der Waals surface area contributed by atoms with Crippen LogP contribution in [-0.4, -0.2) is 33.0 Å². The Hall–Kier alpha value is -1.79. The third-order valence-corrected chi connectivity index (χ3v) is 2.56. The molecule has 18 heavy (non-hydrogen) atoms. The lowest BCUT2D eigenvalue weighted by Gasteiger charge is -2.06. The molecule has 0 radical (unpaired) electrons. The second-order valence-electron chi connectivity index (χ2n) is 3.25. The van der Waals surface area contributed by atoms with Crippen molar-refractivity contribution in [3.05, 3.63) is 34.1 Å². The summed E-state index contributed by atoms with van der Waals surface area (Å²) in [5, 5.41) is 13.6. The summed E-state index contributed by atoms with van der Waals surface area (Å²) in [4.78, 5) is 15.5. The summed E-state index contributed by atoms with van der Waals surface area (Å²) in [6.45, 7) is 0. The van der Waals surface area contributed by atoms with Gasteiger partial charge in [0.25, 0.3) is 0 Å². The van der Waals surface area contributed by atoms with Crippen molar-refractivity contribution in [2.24, 2.45) is 0 Å². The Labute approximate surface area is 112 Å². The van der Waals surface area contributed by atoms with Crippen molar-refractivity contribution in [3.63, 3.8) is 0 Å². The first-order valence-electron chi connectivity index (χ1n) is 4.71. The van der Waals surface area contributed by atoms with Crippen LogP contribution in [0.1, 0.15) is 10.5 Å². The number of rotatable bonds is 2. The summed E-state index contributed by atoms with van der Waals surface area (Å²) in [6, 6.07) is 2.60. The average Bonchev–Trinajstić information content (AvgIpc) is 2.70. The fraction of sp³-hybridized carbons (Fsp3) is 0.100. The molecule has 0 amide bonds. The number of ether oxygens (including phenoxy) is 1. The zero-order chi connectivity index (χ0) is 13.3. The fourth-order valence-electron chi connectivity index (χ4n) is 1.34. The van der Waals surface area contributed by atoms with Gasteiger partial charge in [-0.15, -0.1) is 5.10 Å². The first kappa shape index (κ1) is 12.7. The van der Waals surface area contributed by atoms with Gasteiger partial charge in [0.15, 0.2) is 11.5 Å². The van der Waals surface area contributed by atoms with Gasteiger partial charge in [-0.3, -0.25) is 0 Å². The first-order valence-corrected chi connectivity index (χ1v) is 5.47. The number of methoxy groups -OCH3 is 1. The molecule has 1 N–H and O–H groups in total. The van der Waals surface area contributed by atoms with E-state index in [4.69, 9.17) is 23.2 Å². The monoisotopic (exact) mass is 287 g/mol. The highest BCUT2D eigenvalue weighted by atomic mass is 35.5. The van der Waals surface area contributed by atoms with E-state index in [0.717, 1.165) is 10.7 Å². The van der Waals surface area contributed by atoms with Gasteiger partial charge in [-0.1, -0.05) is 23.2 Å². The molecular formula is C10H7Cl2N3O3. The van der Waals surface area contributed by atoms with Crippen LogP contribution in [0.3, 0.4) is 0 Å². The van der Waals surface area contributed by atoms with Crippen LogP contribution in [0.5, 0.6) is 5.88 Å². The topological polar surface area (TPSA) is 77.2 Å². The zero-order valence-corrected chi connectivity index (χ0v) is 10.6. The van der Waals surface area contributed by atoms with Crippen molar-refractivity contribution in [3.8, 4) is 11.7 Å². The maximum atomic E-state index is 11.5. The molecule has 0 saturated carbocycles. The van der Waals surface area contributed by atoms with Crippen molar-refractivity contribution >= 4 is 29.2 Å². The summed E-state index contributed by atoms with van der Waals surface area (Å²) in [6.07, 6.45) is 1.35. The minimum atomic E-state index is -0.671. The van der Waals surface area contributed by atoms with E-state index in [-0.39, 0.29) is 22.4 Å². The lowest BCUT2D eigenvalue weighted by molar-refractivity contribution is 0.0590. The van der Waals surface area contributed by atoms with E-state index < -0.39 is 5.97 Å². The smallest absolute Gasteiger partial charge is 0.357 e. The van der Waals surface area contributed by atoms with Gasteiger partial charge in [0.1, 0.15) is 0 Å². The molecule has 0 spiro atoms. The summed E-state index contributed by atoms with van der Waals surface area (Å²) < 4.78 is 5.65. The van der Waals surface area contributed by atoms with E-state index in [1.54, 1.807) is 0 Å². The van der Waals surface area contributed by atoms with Gasteiger partial charge in [0.05, 0.1) is 17.2 Å². The quantitative estimate of drug-likeness (QED) is 0.856. The molecule has 2 aromatic heterocycles. The molecule has 0 aliphatic rings. The number of pyridine rings is 1. The highest BCUT2D eigenvalue weighted by Gasteiger charge is 2.19. The molecule has 0 aliphatic carbocycles. The molecule has 8 heteroatoms. The Morgan fingerprint density at radius 1 is 1.44 bits per heavy atom. The van der Waals surface area contributed by atoms with Crippen LogP contribution in [0.4, 0.5) is 0 Å². The Morgan fingerprint density at radius 3 is 2.78 bits per heavy atom. The number of carbonyl (C=O) groups is 1.